The van der Waals surface area contributed by atoms with Crippen molar-refractivity contribution in [3.8, 4) is 6.07 Å². The van der Waals surface area contributed by atoms with Crippen molar-refractivity contribution < 1.29 is 4.39 Å². The zero-order valence-electron chi connectivity index (χ0n) is 8.77. The molecule has 1 aromatic carbocycles. The molecule has 2 rings (SSSR count). The van der Waals surface area contributed by atoms with Crippen LogP contribution in [-0.2, 0) is 6.42 Å². The Bertz CT molecular complexity index is 625. The fraction of sp³-hybridized carbons (Fsp3) is 0.0833. The minimum Gasteiger partial charge on any atom is -0.309 e. The van der Waals surface area contributed by atoms with Crippen LogP contribution in [0.25, 0.3) is 0 Å². The second kappa shape index (κ2) is 4.58. The number of nitrogens with zero attached hydrogens (tertiary/aromatic N) is 2. The fourth-order valence-electron chi connectivity index (χ4n) is 1.40. The molecular weight excluding hydrogens is 221 g/mol. The van der Waals surface area contributed by atoms with Gasteiger partial charge in [0.05, 0.1) is 6.20 Å². The van der Waals surface area contributed by atoms with Gasteiger partial charge in [0.2, 0.25) is 0 Å². The molecule has 0 aliphatic rings. The Kier molecular flexibility index (Phi) is 2.97. The zero-order chi connectivity index (χ0) is 12.3. The molecule has 4 nitrogen and oxygen atoms in total. The largest absolute Gasteiger partial charge is 0.309 e. The van der Waals surface area contributed by atoms with E-state index in [4.69, 9.17) is 5.26 Å². The highest BCUT2D eigenvalue weighted by Crippen LogP contribution is 2.06. The monoisotopic (exact) mass is 229 g/mol. The predicted octanol–water partition coefficient (Wildman–Crippen LogP) is 1.37. The van der Waals surface area contributed by atoms with E-state index in [2.05, 4.69) is 9.97 Å². The number of hydrogen-bond donors (Lipinski definition) is 1. The molecule has 84 valence electrons. The average molecular weight is 229 g/mol. The van der Waals surface area contributed by atoms with Gasteiger partial charge in [-0.2, -0.15) is 5.26 Å². The molecule has 0 saturated heterocycles. The molecule has 2 aromatic rings. The molecule has 1 aromatic heterocycles. The summed E-state index contributed by atoms with van der Waals surface area (Å²) in [5, 5.41) is 8.58. The number of nitrogens with one attached hydrogen (secondary N) is 1. The Morgan fingerprint density at radius 3 is 2.65 bits per heavy atom. The van der Waals surface area contributed by atoms with Crippen molar-refractivity contribution in [3.63, 3.8) is 0 Å². The molecular formula is C12H8FN3O. The summed E-state index contributed by atoms with van der Waals surface area (Å²) >= 11 is 0. The quantitative estimate of drug-likeness (QED) is 0.845. The summed E-state index contributed by atoms with van der Waals surface area (Å²) < 4.78 is 12.7. The Morgan fingerprint density at radius 2 is 2.06 bits per heavy atom. The number of aromatic nitrogens is 2. The van der Waals surface area contributed by atoms with Crippen LogP contribution >= 0.6 is 0 Å². The van der Waals surface area contributed by atoms with Crippen molar-refractivity contribution in [2.75, 3.05) is 0 Å². The lowest BCUT2D eigenvalue weighted by molar-refractivity contribution is 0.627. The lowest BCUT2D eigenvalue weighted by Crippen LogP contribution is -2.14. The van der Waals surface area contributed by atoms with E-state index in [1.54, 1.807) is 18.2 Å². The molecule has 0 atom stereocenters. The standard InChI is InChI=1S/C12H8FN3O/c13-10-3-1-8(2-4-10)5-11-15-7-9(6-14)12(17)16-11/h1-4,7H,5H2,(H,15,16,17). The number of halogens is 1. The van der Waals surface area contributed by atoms with E-state index in [9.17, 15) is 9.18 Å². The molecule has 0 spiro atoms. The number of aromatic amines is 1. The molecule has 17 heavy (non-hydrogen) atoms. The van der Waals surface area contributed by atoms with Crippen LogP contribution in [0.5, 0.6) is 0 Å². The molecule has 0 unspecified atom stereocenters. The van der Waals surface area contributed by atoms with Gasteiger partial charge >= 0.3 is 0 Å². The van der Waals surface area contributed by atoms with Crippen molar-refractivity contribution in [2.45, 2.75) is 6.42 Å². The fourth-order valence-corrected chi connectivity index (χ4v) is 1.40. The Hall–Kier alpha value is -2.48. The smallest absolute Gasteiger partial charge is 0.268 e. The van der Waals surface area contributed by atoms with Crippen molar-refractivity contribution >= 4 is 0 Å². The van der Waals surface area contributed by atoms with Gasteiger partial charge in [0.25, 0.3) is 5.56 Å². The summed E-state index contributed by atoms with van der Waals surface area (Å²) in [6, 6.07) is 7.66. The molecule has 5 heteroatoms. The average Bonchev–Trinajstić information content (AvgIpc) is 2.32. The normalized spacial score (nSPS) is 9.88. The first-order valence-electron chi connectivity index (χ1n) is 4.92. The van der Waals surface area contributed by atoms with Crippen LogP contribution in [0.4, 0.5) is 4.39 Å². The van der Waals surface area contributed by atoms with Crippen molar-refractivity contribution in [1.82, 2.24) is 9.97 Å². The number of rotatable bonds is 2. The van der Waals surface area contributed by atoms with E-state index in [1.165, 1.54) is 18.3 Å². The first kappa shape index (κ1) is 11.0. The lowest BCUT2D eigenvalue weighted by atomic mass is 10.1. The highest BCUT2D eigenvalue weighted by atomic mass is 19.1. The molecule has 0 bridgehead atoms. The van der Waals surface area contributed by atoms with Crippen LogP contribution in [0.15, 0.2) is 35.3 Å². The molecule has 0 aliphatic heterocycles. The first-order valence-corrected chi connectivity index (χ1v) is 4.92. The summed E-state index contributed by atoms with van der Waals surface area (Å²) in [6.07, 6.45) is 1.62. The maximum absolute atomic E-state index is 12.7. The number of benzene rings is 1. The molecule has 1 heterocycles. The molecule has 0 amide bonds. The molecule has 0 fully saturated rings. The molecule has 0 radical (unpaired) electrons. The molecule has 0 saturated carbocycles. The van der Waals surface area contributed by atoms with Crippen molar-refractivity contribution in [2.24, 2.45) is 0 Å². The number of nitriles is 1. The maximum atomic E-state index is 12.7. The summed E-state index contributed by atoms with van der Waals surface area (Å²) in [7, 11) is 0. The van der Waals surface area contributed by atoms with Crippen LogP contribution in [0.1, 0.15) is 17.0 Å². The minimum atomic E-state index is -0.459. The van der Waals surface area contributed by atoms with Gasteiger partial charge in [0.1, 0.15) is 23.3 Å². The molecule has 0 aliphatic carbocycles. The topological polar surface area (TPSA) is 69.5 Å². The van der Waals surface area contributed by atoms with Gasteiger partial charge in [-0.05, 0) is 17.7 Å². The first-order chi connectivity index (χ1) is 8.19. The van der Waals surface area contributed by atoms with Gasteiger partial charge in [-0.3, -0.25) is 4.79 Å². The SMILES string of the molecule is N#Cc1cnc(Cc2ccc(F)cc2)[nH]c1=O. The van der Waals surface area contributed by atoms with Gasteiger partial charge in [-0.1, -0.05) is 12.1 Å². The van der Waals surface area contributed by atoms with Gasteiger partial charge in [-0.15, -0.1) is 0 Å². The van der Waals surface area contributed by atoms with Crippen molar-refractivity contribution in [3.05, 3.63) is 63.6 Å². The van der Waals surface area contributed by atoms with E-state index in [1.807, 2.05) is 0 Å². The maximum Gasteiger partial charge on any atom is 0.268 e. The highest BCUT2D eigenvalue weighted by molar-refractivity contribution is 5.24. The predicted molar refractivity (Wildman–Crippen MR) is 58.8 cm³/mol. The summed E-state index contributed by atoms with van der Waals surface area (Å²) in [5.74, 6) is 0.135. The van der Waals surface area contributed by atoms with Crippen LogP contribution in [0, 0.1) is 17.1 Å². The van der Waals surface area contributed by atoms with E-state index < -0.39 is 5.56 Å². The van der Waals surface area contributed by atoms with Gasteiger partial charge in [-0.25, -0.2) is 9.37 Å². The van der Waals surface area contributed by atoms with Gasteiger partial charge in [0.15, 0.2) is 0 Å². The third-order valence-electron chi connectivity index (χ3n) is 2.26. The van der Waals surface area contributed by atoms with Crippen LogP contribution < -0.4 is 5.56 Å². The third-order valence-corrected chi connectivity index (χ3v) is 2.26. The third kappa shape index (κ3) is 2.55. The van der Waals surface area contributed by atoms with Crippen LogP contribution in [0.2, 0.25) is 0 Å². The van der Waals surface area contributed by atoms with Crippen LogP contribution in [-0.4, -0.2) is 9.97 Å². The van der Waals surface area contributed by atoms with E-state index in [0.29, 0.717) is 12.2 Å². The highest BCUT2D eigenvalue weighted by Gasteiger charge is 2.02. The Labute approximate surface area is 96.4 Å². The zero-order valence-corrected chi connectivity index (χ0v) is 8.77. The number of H-pyrrole nitrogens is 1. The Balaban J connectivity index is 2.25. The van der Waals surface area contributed by atoms with E-state index in [0.717, 1.165) is 5.56 Å². The molecule has 1 N–H and O–H groups in total. The summed E-state index contributed by atoms with van der Waals surface area (Å²) in [5.41, 5.74) is 0.353. The minimum absolute atomic E-state index is 0.0205. The van der Waals surface area contributed by atoms with Gasteiger partial charge in [0, 0.05) is 6.42 Å². The summed E-state index contributed by atoms with van der Waals surface area (Å²) in [6.45, 7) is 0. The summed E-state index contributed by atoms with van der Waals surface area (Å²) in [4.78, 5) is 17.8. The Morgan fingerprint density at radius 1 is 1.35 bits per heavy atom. The number of hydrogen-bond acceptors (Lipinski definition) is 3. The van der Waals surface area contributed by atoms with Crippen molar-refractivity contribution in [1.29, 1.82) is 5.26 Å². The second-order valence-corrected chi connectivity index (χ2v) is 3.49. The second-order valence-electron chi connectivity index (χ2n) is 3.49. The van der Waals surface area contributed by atoms with Gasteiger partial charge < -0.3 is 4.98 Å². The lowest BCUT2D eigenvalue weighted by Gasteiger charge is -2.00. The van der Waals surface area contributed by atoms with E-state index in [-0.39, 0.29) is 11.4 Å². The van der Waals surface area contributed by atoms with Crippen LogP contribution in [0.3, 0.4) is 0 Å². The van der Waals surface area contributed by atoms with E-state index >= 15 is 0 Å².